The molecule has 1 aliphatic heterocycles. The molecule has 2 heterocycles. The van der Waals surface area contributed by atoms with Gasteiger partial charge < -0.3 is 20.3 Å². The summed E-state index contributed by atoms with van der Waals surface area (Å²) < 4.78 is 13.0. The van der Waals surface area contributed by atoms with Crippen molar-refractivity contribution < 1.29 is 19.1 Å². The molecule has 9 heteroatoms. The van der Waals surface area contributed by atoms with E-state index in [1.807, 2.05) is 0 Å². The molecule has 3 rings (SSSR count). The van der Waals surface area contributed by atoms with Gasteiger partial charge in [0.25, 0.3) is 11.5 Å². The fourth-order valence-corrected chi connectivity index (χ4v) is 3.30. The van der Waals surface area contributed by atoms with Gasteiger partial charge in [-0.15, -0.1) is 0 Å². The number of carbonyl (C=O) groups is 2. The number of aliphatic hydroxyl groups excluding tert-OH is 1. The minimum absolute atomic E-state index is 0.108. The van der Waals surface area contributed by atoms with E-state index in [0.717, 1.165) is 6.42 Å². The van der Waals surface area contributed by atoms with Crippen molar-refractivity contribution >= 4 is 11.8 Å². The lowest BCUT2D eigenvalue weighted by molar-refractivity contribution is -0.129. The largest absolute Gasteiger partial charge is 0.391 e. The van der Waals surface area contributed by atoms with Gasteiger partial charge in [0.1, 0.15) is 17.3 Å². The van der Waals surface area contributed by atoms with Crippen molar-refractivity contribution in [3.8, 4) is 0 Å². The summed E-state index contributed by atoms with van der Waals surface area (Å²) in [6.45, 7) is 1.45. The number of aromatic amines is 1. The predicted octanol–water partition coefficient (Wildman–Crippen LogP) is 1.01. The number of nitrogens with one attached hydrogen (secondary N) is 2. The predicted molar refractivity (Wildman–Crippen MR) is 97.7 cm³/mol. The van der Waals surface area contributed by atoms with Crippen molar-refractivity contribution in [1.82, 2.24) is 20.2 Å². The third kappa shape index (κ3) is 4.09. The van der Waals surface area contributed by atoms with Crippen LogP contribution in [0.3, 0.4) is 0 Å². The Morgan fingerprint density at radius 3 is 2.71 bits per heavy atom. The molecule has 3 N–H and O–H groups in total. The Morgan fingerprint density at radius 2 is 2.07 bits per heavy atom. The van der Waals surface area contributed by atoms with Gasteiger partial charge in [-0.3, -0.25) is 14.4 Å². The molecule has 148 valence electrons. The number of rotatable bonds is 5. The van der Waals surface area contributed by atoms with E-state index < -0.39 is 24.1 Å². The van der Waals surface area contributed by atoms with Gasteiger partial charge in [0, 0.05) is 20.0 Å². The van der Waals surface area contributed by atoms with Crippen molar-refractivity contribution in [2.45, 2.75) is 39.0 Å². The SMILES string of the molecule is CC(=O)N1CCCC1c1nc(C(=O)NCc2ccc(F)cc2)c(CO)c(=O)[nH]1. The lowest BCUT2D eigenvalue weighted by Gasteiger charge is -2.23. The molecule has 0 saturated carbocycles. The average Bonchev–Trinajstić information content (AvgIpc) is 3.17. The Labute approximate surface area is 160 Å². The molecule has 1 saturated heterocycles. The number of hydrogen-bond donors (Lipinski definition) is 3. The number of aliphatic hydroxyl groups is 1. The van der Waals surface area contributed by atoms with Crippen LogP contribution >= 0.6 is 0 Å². The number of likely N-dealkylation sites (tertiary alicyclic amines) is 1. The number of aromatic nitrogens is 2. The molecule has 1 aromatic carbocycles. The topological polar surface area (TPSA) is 115 Å². The molecule has 0 aliphatic carbocycles. The van der Waals surface area contributed by atoms with E-state index >= 15 is 0 Å². The van der Waals surface area contributed by atoms with Crippen LogP contribution in [0.25, 0.3) is 0 Å². The summed E-state index contributed by atoms with van der Waals surface area (Å²) >= 11 is 0. The summed E-state index contributed by atoms with van der Waals surface area (Å²) in [6, 6.07) is 5.20. The van der Waals surface area contributed by atoms with E-state index in [0.29, 0.717) is 18.5 Å². The number of nitrogens with zero attached hydrogens (tertiary/aromatic N) is 2. The lowest BCUT2D eigenvalue weighted by atomic mass is 10.1. The Bertz CT molecular complexity index is 942. The summed E-state index contributed by atoms with van der Waals surface area (Å²) in [5.41, 5.74) is -0.273. The quantitative estimate of drug-likeness (QED) is 0.707. The maximum atomic E-state index is 13.0. The van der Waals surface area contributed by atoms with Gasteiger partial charge in [0.2, 0.25) is 5.91 Å². The maximum Gasteiger partial charge on any atom is 0.270 e. The number of amides is 2. The van der Waals surface area contributed by atoms with Crippen LogP contribution in [0.5, 0.6) is 0 Å². The van der Waals surface area contributed by atoms with Gasteiger partial charge in [-0.05, 0) is 30.5 Å². The van der Waals surface area contributed by atoms with Crippen LogP contribution in [0.4, 0.5) is 4.39 Å². The molecular weight excluding hydrogens is 367 g/mol. The number of hydrogen-bond acceptors (Lipinski definition) is 5. The van der Waals surface area contributed by atoms with Gasteiger partial charge >= 0.3 is 0 Å². The van der Waals surface area contributed by atoms with Gasteiger partial charge in [0.15, 0.2) is 0 Å². The average molecular weight is 388 g/mol. The normalized spacial score (nSPS) is 16.2. The second-order valence-corrected chi connectivity index (χ2v) is 6.62. The first-order valence-corrected chi connectivity index (χ1v) is 8.94. The molecule has 0 spiro atoms. The van der Waals surface area contributed by atoms with Gasteiger partial charge in [-0.1, -0.05) is 12.1 Å². The minimum atomic E-state index is -0.650. The third-order valence-electron chi connectivity index (χ3n) is 4.75. The highest BCUT2D eigenvalue weighted by Gasteiger charge is 2.31. The summed E-state index contributed by atoms with van der Waals surface area (Å²) in [6.07, 6.45) is 1.39. The summed E-state index contributed by atoms with van der Waals surface area (Å²) in [5, 5.41) is 12.1. The fraction of sp³-hybridized carbons (Fsp3) is 0.368. The molecule has 1 unspecified atom stereocenters. The van der Waals surface area contributed by atoms with Crippen molar-refractivity contribution in [2.24, 2.45) is 0 Å². The first-order chi connectivity index (χ1) is 13.4. The minimum Gasteiger partial charge on any atom is -0.391 e. The highest BCUT2D eigenvalue weighted by Crippen LogP contribution is 2.29. The first kappa shape index (κ1) is 19.7. The molecular formula is C19H21FN4O4. The number of H-pyrrole nitrogens is 1. The molecule has 1 atom stereocenters. The monoisotopic (exact) mass is 388 g/mol. The second-order valence-electron chi connectivity index (χ2n) is 6.62. The molecule has 0 radical (unpaired) electrons. The number of benzene rings is 1. The van der Waals surface area contributed by atoms with Gasteiger partial charge in [-0.25, -0.2) is 9.37 Å². The van der Waals surface area contributed by atoms with E-state index in [9.17, 15) is 23.9 Å². The zero-order valence-corrected chi connectivity index (χ0v) is 15.4. The van der Waals surface area contributed by atoms with E-state index in [2.05, 4.69) is 15.3 Å². The van der Waals surface area contributed by atoms with Crippen LogP contribution in [0.2, 0.25) is 0 Å². The molecule has 0 bridgehead atoms. The molecule has 1 aliphatic rings. The van der Waals surface area contributed by atoms with Gasteiger partial charge in [0.05, 0.1) is 18.2 Å². The van der Waals surface area contributed by atoms with E-state index in [-0.39, 0.29) is 35.4 Å². The van der Waals surface area contributed by atoms with Crippen LogP contribution in [-0.4, -0.2) is 38.3 Å². The van der Waals surface area contributed by atoms with Crippen LogP contribution < -0.4 is 10.9 Å². The molecule has 1 fully saturated rings. The summed E-state index contributed by atoms with van der Waals surface area (Å²) in [4.78, 5) is 45.2. The lowest BCUT2D eigenvalue weighted by Crippen LogP contribution is -2.34. The first-order valence-electron chi connectivity index (χ1n) is 8.94. The highest BCUT2D eigenvalue weighted by molar-refractivity contribution is 5.93. The van der Waals surface area contributed by atoms with Crippen LogP contribution in [0.1, 0.15) is 53.2 Å². The van der Waals surface area contributed by atoms with E-state index in [1.54, 1.807) is 4.90 Å². The van der Waals surface area contributed by atoms with Crippen molar-refractivity contribution in [3.63, 3.8) is 0 Å². The molecule has 1 aromatic heterocycles. The third-order valence-corrected chi connectivity index (χ3v) is 4.75. The van der Waals surface area contributed by atoms with Crippen molar-refractivity contribution in [3.05, 3.63) is 63.1 Å². The summed E-state index contributed by atoms with van der Waals surface area (Å²) in [7, 11) is 0. The second kappa shape index (κ2) is 8.30. The van der Waals surface area contributed by atoms with Crippen LogP contribution in [0.15, 0.2) is 29.1 Å². The van der Waals surface area contributed by atoms with E-state index in [1.165, 1.54) is 31.2 Å². The number of carbonyl (C=O) groups excluding carboxylic acids is 2. The fourth-order valence-electron chi connectivity index (χ4n) is 3.30. The smallest absolute Gasteiger partial charge is 0.270 e. The molecule has 8 nitrogen and oxygen atoms in total. The van der Waals surface area contributed by atoms with Crippen molar-refractivity contribution in [2.75, 3.05) is 6.54 Å². The maximum absolute atomic E-state index is 13.0. The summed E-state index contributed by atoms with van der Waals surface area (Å²) in [5.74, 6) is -0.932. The van der Waals surface area contributed by atoms with Crippen LogP contribution in [-0.2, 0) is 17.9 Å². The van der Waals surface area contributed by atoms with Crippen molar-refractivity contribution in [1.29, 1.82) is 0 Å². The zero-order chi connectivity index (χ0) is 20.3. The Hall–Kier alpha value is -3.07. The van der Waals surface area contributed by atoms with Crippen LogP contribution in [0, 0.1) is 5.82 Å². The van der Waals surface area contributed by atoms with E-state index in [4.69, 9.17) is 0 Å². The standard InChI is InChI=1S/C19H21FN4O4/c1-11(26)24-8-2-3-15(24)17-22-16(14(10-25)18(27)23-17)19(28)21-9-12-4-6-13(20)7-5-12/h4-7,15,25H,2-3,8-10H2,1H3,(H,21,28)(H,22,23,27). The Kier molecular flexibility index (Phi) is 5.84. The molecule has 28 heavy (non-hydrogen) atoms. The molecule has 2 amide bonds. The Balaban J connectivity index is 1.87. The van der Waals surface area contributed by atoms with Gasteiger partial charge in [-0.2, -0.15) is 0 Å². The zero-order valence-electron chi connectivity index (χ0n) is 15.4. The Morgan fingerprint density at radius 1 is 1.36 bits per heavy atom. The number of halogens is 1. The molecule has 2 aromatic rings. The highest BCUT2D eigenvalue weighted by atomic mass is 19.1.